The minimum Gasteiger partial charge on any atom is -0.306 e. The number of nitrogens with zero attached hydrogens (tertiary/aromatic N) is 2. The van der Waals surface area contributed by atoms with Crippen molar-refractivity contribution in [1.29, 1.82) is 0 Å². The minimum absolute atomic E-state index is 0.299. The molecule has 1 aromatic rings. The Bertz CT molecular complexity index is 334. The van der Waals surface area contributed by atoms with Crippen molar-refractivity contribution in [2.75, 3.05) is 0 Å². The van der Waals surface area contributed by atoms with Crippen LogP contribution in [-0.4, -0.2) is 16.0 Å². The molecule has 0 aliphatic heterocycles. The van der Waals surface area contributed by atoms with Gasteiger partial charge in [-0.3, -0.25) is 9.97 Å². The van der Waals surface area contributed by atoms with Gasteiger partial charge in [0.15, 0.2) is 0 Å². The molecule has 0 saturated heterocycles. The Labute approximate surface area is 97.7 Å². The van der Waals surface area contributed by atoms with Gasteiger partial charge in [0.1, 0.15) is 0 Å². The molecule has 16 heavy (non-hydrogen) atoms. The van der Waals surface area contributed by atoms with Crippen molar-refractivity contribution in [3.05, 3.63) is 24.3 Å². The molecule has 3 nitrogen and oxygen atoms in total. The molecule has 1 saturated carbocycles. The average molecular weight is 219 g/mol. The van der Waals surface area contributed by atoms with Crippen LogP contribution in [0.5, 0.6) is 0 Å². The van der Waals surface area contributed by atoms with Gasteiger partial charge in [-0.05, 0) is 31.6 Å². The molecule has 0 radical (unpaired) electrons. The van der Waals surface area contributed by atoms with Crippen LogP contribution in [-0.2, 0) is 0 Å². The van der Waals surface area contributed by atoms with Crippen LogP contribution in [0.25, 0.3) is 0 Å². The topological polar surface area (TPSA) is 37.8 Å². The van der Waals surface area contributed by atoms with Crippen molar-refractivity contribution in [2.45, 2.75) is 52.1 Å². The maximum atomic E-state index is 4.33. The fraction of sp³-hybridized carbons (Fsp3) is 0.692. The van der Waals surface area contributed by atoms with E-state index in [-0.39, 0.29) is 0 Å². The van der Waals surface area contributed by atoms with Crippen molar-refractivity contribution < 1.29 is 0 Å². The molecule has 0 bridgehead atoms. The third-order valence-electron chi connectivity index (χ3n) is 3.48. The molecular weight excluding hydrogens is 198 g/mol. The summed E-state index contributed by atoms with van der Waals surface area (Å²) < 4.78 is 0. The van der Waals surface area contributed by atoms with Crippen molar-refractivity contribution in [3.63, 3.8) is 0 Å². The molecular formula is C13H21N3. The fourth-order valence-corrected chi connectivity index (χ4v) is 2.55. The van der Waals surface area contributed by atoms with Gasteiger partial charge < -0.3 is 5.32 Å². The zero-order chi connectivity index (χ0) is 11.6. The number of rotatable bonds is 3. The Balaban J connectivity index is 1.91. The maximum absolute atomic E-state index is 4.33. The van der Waals surface area contributed by atoms with Gasteiger partial charge in [-0.25, -0.2) is 0 Å². The first-order valence-electron chi connectivity index (χ1n) is 6.09. The summed E-state index contributed by atoms with van der Waals surface area (Å²) in [4.78, 5) is 8.44. The van der Waals surface area contributed by atoms with Crippen LogP contribution in [0.1, 0.15) is 51.8 Å². The van der Waals surface area contributed by atoms with E-state index < -0.39 is 0 Å². The molecule has 1 fully saturated rings. The first kappa shape index (κ1) is 11.5. The molecule has 1 heterocycles. The van der Waals surface area contributed by atoms with Crippen molar-refractivity contribution in [3.8, 4) is 0 Å². The van der Waals surface area contributed by atoms with Gasteiger partial charge in [0.2, 0.25) is 0 Å². The number of nitrogens with one attached hydrogen (secondary N) is 1. The highest BCUT2D eigenvalue weighted by atomic mass is 15.0. The number of hydrogen-bond acceptors (Lipinski definition) is 3. The molecule has 1 aliphatic carbocycles. The summed E-state index contributed by atoms with van der Waals surface area (Å²) in [5.74, 6) is 0. The molecule has 3 heteroatoms. The summed E-state index contributed by atoms with van der Waals surface area (Å²) in [5, 5.41) is 3.65. The van der Waals surface area contributed by atoms with Crippen LogP contribution in [0.4, 0.5) is 0 Å². The third kappa shape index (κ3) is 2.79. The fourth-order valence-electron chi connectivity index (χ4n) is 2.55. The van der Waals surface area contributed by atoms with E-state index in [4.69, 9.17) is 0 Å². The highest BCUT2D eigenvalue weighted by Crippen LogP contribution is 2.37. The lowest BCUT2D eigenvalue weighted by molar-refractivity contribution is 0.355. The second-order valence-electron chi connectivity index (χ2n) is 5.62. The van der Waals surface area contributed by atoms with Gasteiger partial charge in [0.05, 0.1) is 5.69 Å². The van der Waals surface area contributed by atoms with Crippen LogP contribution < -0.4 is 5.32 Å². The lowest BCUT2D eigenvalue weighted by Crippen LogP contribution is -2.30. The van der Waals surface area contributed by atoms with E-state index in [9.17, 15) is 0 Å². The SMILES string of the molecule is CC(NC1CCC(C)(C)C1)c1cnccn1. The highest BCUT2D eigenvalue weighted by molar-refractivity contribution is 5.02. The minimum atomic E-state index is 0.299. The maximum Gasteiger partial charge on any atom is 0.0753 e. The molecule has 88 valence electrons. The Morgan fingerprint density at radius 1 is 1.44 bits per heavy atom. The van der Waals surface area contributed by atoms with Crippen LogP contribution in [0.2, 0.25) is 0 Å². The van der Waals surface area contributed by atoms with Crippen LogP contribution in [0.15, 0.2) is 18.6 Å². The Hall–Kier alpha value is -0.960. The van der Waals surface area contributed by atoms with Gasteiger partial charge in [0.25, 0.3) is 0 Å². The van der Waals surface area contributed by atoms with Crippen LogP contribution >= 0.6 is 0 Å². The summed E-state index contributed by atoms with van der Waals surface area (Å²) in [6.07, 6.45) is 9.17. The summed E-state index contributed by atoms with van der Waals surface area (Å²) >= 11 is 0. The number of aromatic nitrogens is 2. The normalized spacial score (nSPS) is 25.6. The standard InChI is InChI=1S/C13H21N3/c1-10(12-9-14-6-7-15-12)16-11-4-5-13(2,3)8-11/h6-7,9-11,16H,4-5,8H2,1-3H3. The van der Waals surface area contributed by atoms with Crippen molar-refractivity contribution in [2.24, 2.45) is 5.41 Å². The Morgan fingerprint density at radius 3 is 2.81 bits per heavy atom. The predicted molar refractivity (Wildman–Crippen MR) is 65.0 cm³/mol. The monoisotopic (exact) mass is 219 g/mol. The quantitative estimate of drug-likeness (QED) is 0.849. The molecule has 2 unspecified atom stereocenters. The molecule has 1 aromatic heterocycles. The van der Waals surface area contributed by atoms with Gasteiger partial charge in [-0.2, -0.15) is 0 Å². The number of hydrogen-bond donors (Lipinski definition) is 1. The zero-order valence-electron chi connectivity index (χ0n) is 10.4. The predicted octanol–water partition coefficient (Wildman–Crippen LogP) is 2.71. The average Bonchev–Trinajstić information content (AvgIpc) is 2.59. The van der Waals surface area contributed by atoms with Crippen molar-refractivity contribution >= 4 is 0 Å². The van der Waals surface area contributed by atoms with E-state index in [2.05, 4.69) is 36.1 Å². The lowest BCUT2D eigenvalue weighted by Gasteiger charge is -2.21. The molecule has 1 aliphatic rings. The lowest BCUT2D eigenvalue weighted by atomic mass is 9.92. The van der Waals surface area contributed by atoms with Crippen LogP contribution in [0.3, 0.4) is 0 Å². The summed E-state index contributed by atoms with van der Waals surface area (Å²) in [5.41, 5.74) is 1.53. The largest absolute Gasteiger partial charge is 0.306 e. The van der Waals surface area contributed by atoms with Gasteiger partial charge in [0, 0.05) is 30.7 Å². The second kappa shape index (κ2) is 4.50. The van der Waals surface area contributed by atoms with E-state index >= 15 is 0 Å². The third-order valence-corrected chi connectivity index (χ3v) is 3.48. The second-order valence-corrected chi connectivity index (χ2v) is 5.62. The first-order chi connectivity index (χ1) is 7.57. The van der Waals surface area contributed by atoms with Gasteiger partial charge >= 0.3 is 0 Å². The highest BCUT2D eigenvalue weighted by Gasteiger charge is 2.31. The molecule has 0 spiro atoms. The van der Waals surface area contributed by atoms with Gasteiger partial charge in [-0.15, -0.1) is 0 Å². The molecule has 0 aromatic carbocycles. The smallest absolute Gasteiger partial charge is 0.0753 e. The summed E-state index contributed by atoms with van der Waals surface area (Å²) in [6.45, 7) is 6.86. The van der Waals surface area contributed by atoms with Gasteiger partial charge in [-0.1, -0.05) is 13.8 Å². The van der Waals surface area contributed by atoms with Crippen molar-refractivity contribution in [1.82, 2.24) is 15.3 Å². The van der Waals surface area contributed by atoms with E-state index in [1.54, 1.807) is 12.4 Å². The van der Waals surface area contributed by atoms with Crippen LogP contribution in [0, 0.1) is 5.41 Å². The summed E-state index contributed by atoms with van der Waals surface area (Å²) in [6, 6.07) is 0.930. The van der Waals surface area contributed by atoms with E-state index in [0.29, 0.717) is 17.5 Å². The van der Waals surface area contributed by atoms with E-state index in [1.165, 1.54) is 19.3 Å². The van der Waals surface area contributed by atoms with E-state index in [1.807, 2.05) is 6.20 Å². The molecule has 2 atom stereocenters. The van der Waals surface area contributed by atoms with E-state index in [0.717, 1.165) is 5.69 Å². The molecule has 0 amide bonds. The first-order valence-corrected chi connectivity index (χ1v) is 6.09. The summed E-state index contributed by atoms with van der Waals surface area (Å²) in [7, 11) is 0. The Morgan fingerprint density at radius 2 is 2.25 bits per heavy atom. The Kier molecular flexibility index (Phi) is 3.24. The molecule has 1 N–H and O–H groups in total. The zero-order valence-corrected chi connectivity index (χ0v) is 10.4. The molecule has 2 rings (SSSR count).